The predicted octanol–water partition coefficient (Wildman–Crippen LogP) is 5.14. The summed E-state index contributed by atoms with van der Waals surface area (Å²) in [5.74, 6) is 0. The van der Waals surface area contributed by atoms with Gasteiger partial charge in [-0.2, -0.15) is 0 Å². The Labute approximate surface area is 121 Å². The van der Waals surface area contributed by atoms with E-state index in [2.05, 4.69) is 33.9 Å². The van der Waals surface area contributed by atoms with Crippen molar-refractivity contribution in [3.63, 3.8) is 0 Å². The van der Waals surface area contributed by atoms with E-state index in [-0.39, 0.29) is 0 Å². The highest BCUT2D eigenvalue weighted by Crippen LogP contribution is 2.36. The molecule has 0 amide bonds. The first kappa shape index (κ1) is 17.2. The minimum Gasteiger partial charge on any atom is -0.417 e. The van der Waals surface area contributed by atoms with Crippen LogP contribution in [-0.2, 0) is 9.16 Å². The third-order valence-electron chi connectivity index (χ3n) is 4.71. The quantitative estimate of drug-likeness (QED) is 0.476. The first-order valence-electron chi connectivity index (χ1n) is 8.08. The van der Waals surface area contributed by atoms with Crippen LogP contribution in [0, 0.1) is 0 Å². The van der Waals surface area contributed by atoms with E-state index in [9.17, 15) is 0 Å². The molecule has 1 fully saturated rings. The standard InChI is InChI=1S/C16H34O2Si/c1-16(2,3)19(4,5)18-14-10-9-13-17-15-11-7-6-8-12-15/h15H,6-14H2,1-5H3. The molecule has 1 aliphatic rings. The largest absolute Gasteiger partial charge is 0.417 e. The van der Waals surface area contributed by atoms with Crippen LogP contribution in [-0.4, -0.2) is 27.6 Å². The van der Waals surface area contributed by atoms with Gasteiger partial charge in [-0.15, -0.1) is 0 Å². The highest BCUT2D eigenvalue weighted by Gasteiger charge is 2.36. The summed E-state index contributed by atoms with van der Waals surface area (Å²) in [7, 11) is -1.54. The lowest BCUT2D eigenvalue weighted by atomic mass is 9.98. The van der Waals surface area contributed by atoms with Crippen LogP contribution < -0.4 is 0 Å². The third kappa shape index (κ3) is 6.41. The maximum atomic E-state index is 6.17. The van der Waals surface area contributed by atoms with E-state index in [0.29, 0.717) is 11.1 Å². The summed E-state index contributed by atoms with van der Waals surface area (Å²) in [4.78, 5) is 0. The lowest BCUT2D eigenvalue weighted by Gasteiger charge is -2.36. The summed E-state index contributed by atoms with van der Waals surface area (Å²) in [5.41, 5.74) is 0. The second-order valence-corrected chi connectivity index (χ2v) is 12.3. The molecular weight excluding hydrogens is 252 g/mol. The van der Waals surface area contributed by atoms with Crippen LogP contribution in [0.1, 0.15) is 65.7 Å². The number of hydrogen-bond acceptors (Lipinski definition) is 2. The van der Waals surface area contributed by atoms with Crippen LogP contribution >= 0.6 is 0 Å². The average molecular weight is 287 g/mol. The molecule has 19 heavy (non-hydrogen) atoms. The van der Waals surface area contributed by atoms with Crippen LogP contribution in [0.15, 0.2) is 0 Å². The first-order valence-corrected chi connectivity index (χ1v) is 11.0. The number of hydrogen-bond donors (Lipinski definition) is 0. The molecule has 0 aromatic carbocycles. The number of unbranched alkanes of at least 4 members (excludes halogenated alkanes) is 1. The lowest BCUT2D eigenvalue weighted by molar-refractivity contribution is 0.0251. The fourth-order valence-electron chi connectivity index (χ4n) is 2.23. The summed E-state index contributed by atoms with van der Waals surface area (Å²) < 4.78 is 12.1. The first-order chi connectivity index (χ1) is 8.83. The molecule has 0 saturated heterocycles. The zero-order chi connectivity index (χ0) is 14.4. The molecule has 0 aliphatic heterocycles. The summed E-state index contributed by atoms with van der Waals surface area (Å²) in [6.07, 6.45) is 9.51. The van der Waals surface area contributed by atoms with Gasteiger partial charge < -0.3 is 9.16 Å². The van der Waals surface area contributed by atoms with Crippen molar-refractivity contribution >= 4 is 8.32 Å². The SMILES string of the molecule is CC(C)(C)[Si](C)(C)OCCCCOC1CCCCC1. The van der Waals surface area contributed by atoms with Crippen molar-refractivity contribution in [3.05, 3.63) is 0 Å². The van der Waals surface area contributed by atoms with Gasteiger partial charge in [-0.3, -0.25) is 0 Å². The molecule has 1 saturated carbocycles. The van der Waals surface area contributed by atoms with E-state index < -0.39 is 8.32 Å². The molecule has 0 unspecified atom stereocenters. The van der Waals surface area contributed by atoms with Gasteiger partial charge in [-0.1, -0.05) is 40.0 Å². The molecule has 0 aromatic heterocycles. The Morgan fingerprint density at radius 3 is 2.11 bits per heavy atom. The van der Waals surface area contributed by atoms with E-state index in [0.717, 1.165) is 26.1 Å². The van der Waals surface area contributed by atoms with E-state index in [1.54, 1.807) is 0 Å². The Morgan fingerprint density at radius 1 is 0.947 bits per heavy atom. The lowest BCUT2D eigenvalue weighted by Crippen LogP contribution is -2.41. The van der Waals surface area contributed by atoms with Gasteiger partial charge >= 0.3 is 0 Å². The zero-order valence-corrected chi connectivity index (χ0v) is 14.8. The second-order valence-electron chi connectivity index (χ2n) is 7.45. The summed E-state index contributed by atoms with van der Waals surface area (Å²) >= 11 is 0. The van der Waals surface area contributed by atoms with Crippen LogP contribution in [0.2, 0.25) is 18.1 Å². The van der Waals surface area contributed by atoms with Crippen molar-refractivity contribution in [1.29, 1.82) is 0 Å². The van der Waals surface area contributed by atoms with Crippen LogP contribution in [0.4, 0.5) is 0 Å². The number of ether oxygens (including phenoxy) is 1. The Bertz CT molecular complexity index is 240. The minimum atomic E-state index is -1.54. The fourth-order valence-corrected chi connectivity index (χ4v) is 3.32. The van der Waals surface area contributed by atoms with E-state index in [1.165, 1.54) is 32.1 Å². The van der Waals surface area contributed by atoms with Crippen LogP contribution in [0.25, 0.3) is 0 Å². The molecule has 0 atom stereocenters. The maximum absolute atomic E-state index is 6.17. The number of rotatable bonds is 7. The molecule has 0 heterocycles. The van der Waals surface area contributed by atoms with Gasteiger partial charge in [0.25, 0.3) is 0 Å². The molecule has 3 heteroatoms. The molecule has 0 aromatic rings. The molecule has 0 spiro atoms. The highest BCUT2D eigenvalue weighted by atomic mass is 28.4. The van der Waals surface area contributed by atoms with Gasteiger partial charge in [0.05, 0.1) is 6.10 Å². The van der Waals surface area contributed by atoms with E-state index >= 15 is 0 Å². The molecule has 2 nitrogen and oxygen atoms in total. The second kappa shape index (κ2) is 7.80. The van der Waals surface area contributed by atoms with Gasteiger partial charge in [-0.05, 0) is 43.8 Å². The van der Waals surface area contributed by atoms with Crippen molar-refractivity contribution in [2.75, 3.05) is 13.2 Å². The Hall–Kier alpha value is 0.137. The van der Waals surface area contributed by atoms with Crippen molar-refractivity contribution in [3.8, 4) is 0 Å². The molecule has 1 rings (SSSR count). The van der Waals surface area contributed by atoms with E-state index in [4.69, 9.17) is 9.16 Å². The molecule has 0 bridgehead atoms. The van der Waals surface area contributed by atoms with Crippen molar-refractivity contribution in [2.24, 2.45) is 0 Å². The molecule has 0 N–H and O–H groups in total. The maximum Gasteiger partial charge on any atom is 0.191 e. The van der Waals surface area contributed by atoms with Gasteiger partial charge in [-0.25, -0.2) is 0 Å². The average Bonchev–Trinajstić information content (AvgIpc) is 2.33. The predicted molar refractivity (Wildman–Crippen MR) is 85.2 cm³/mol. The summed E-state index contributed by atoms with van der Waals surface area (Å²) in [6, 6.07) is 0. The van der Waals surface area contributed by atoms with Gasteiger partial charge in [0, 0.05) is 13.2 Å². The smallest absolute Gasteiger partial charge is 0.191 e. The van der Waals surface area contributed by atoms with Crippen LogP contribution in [0.3, 0.4) is 0 Å². The fraction of sp³-hybridized carbons (Fsp3) is 1.00. The summed E-state index contributed by atoms with van der Waals surface area (Å²) in [6.45, 7) is 13.4. The Morgan fingerprint density at radius 2 is 1.53 bits per heavy atom. The Balaban J connectivity index is 2.02. The molecular formula is C16H34O2Si. The van der Waals surface area contributed by atoms with Crippen molar-refractivity contribution < 1.29 is 9.16 Å². The van der Waals surface area contributed by atoms with Crippen molar-refractivity contribution in [2.45, 2.75) is 90.0 Å². The molecule has 114 valence electrons. The minimum absolute atomic E-state index is 0.325. The van der Waals surface area contributed by atoms with Gasteiger partial charge in [0.2, 0.25) is 0 Å². The Kier molecular flexibility index (Phi) is 7.05. The van der Waals surface area contributed by atoms with Crippen molar-refractivity contribution in [1.82, 2.24) is 0 Å². The van der Waals surface area contributed by atoms with E-state index in [1.807, 2.05) is 0 Å². The van der Waals surface area contributed by atoms with Gasteiger partial charge in [0.15, 0.2) is 8.32 Å². The highest BCUT2D eigenvalue weighted by molar-refractivity contribution is 6.74. The normalized spacial score (nSPS) is 18.8. The van der Waals surface area contributed by atoms with Crippen LogP contribution in [0.5, 0.6) is 0 Å². The topological polar surface area (TPSA) is 18.5 Å². The monoisotopic (exact) mass is 286 g/mol. The molecule has 0 radical (unpaired) electrons. The third-order valence-corrected chi connectivity index (χ3v) is 9.25. The molecule has 1 aliphatic carbocycles. The van der Waals surface area contributed by atoms with Gasteiger partial charge in [0.1, 0.15) is 0 Å². The summed E-state index contributed by atoms with van der Waals surface area (Å²) in [5, 5.41) is 0.325. The zero-order valence-electron chi connectivity index (χ0n) is 13.8.